The number of hydrogen-bond acceptors (Lipinski definition) is 3. The zero-order chi connectivity index (χ0) is 18.0. The van der Waals surface area contributed by atoms with Crippen LogP contribution < -0.4 is 4.74 Å². The van der Waals surface area contributed by atoms with E-state index in [4.69, 9.17) is 21.1 Å². The van der Waals surface area contributed by atoms with Crippen LogP contribution in [0.1, 0.15) is 35.9 Å². The Balaban J connectivity index is 1.91. The van der Waals surface area contributed by atoms with Crippen LogP contribution in [0.4, 0.5) is 0 Å². The van der Waals surface area contributed by atoms with Gasteiger partial charge in [0.15, 0.2) is 0 Å². The number of amides is 1. The van der Waals surface area contributed by atoms with E-state index in [2.05, 4.69) is 0 Å². The molecule has 2 aromatic carbocycles. The molecule has 2 aromatic rings. The predicted octanol–water partition coefficient (Wildman–Crippen LogP) is 4.34. The summed E-state index contributed by atoms with van der Waals surface area (Å²) < 4.78 is 11.4. The van der Waals surface area contributed by atoms with Crippen molar-refractivity contribution < 1.29 is 14.3 Å². The molecule has 1 atom stereocenters. The third kappa shape index (κ3) is 3.65. The number of ether oxygens (including phenoxy) is 2. The Bertz CT molecular complexity index is 761. The topological polar surface area (TPSA) is 38.8 Å². The van der Waals surface area contributed by atoms with Crippen LogP contribution in [-0.4, -0.2) is 36.6 Å². The summed E-state index contributed by atoms with van der Waals surface area (Å²) in [6, 6.07) is 15.1. The first kappa shape index (κ1) is 17.8. The van der Waals surface area contributed by atoms with Gasteiger partial charge in [0.1, 0.15) is 11.9 Å². The highest BCUT2D eigenvalue weighted by molar-refractivity contribution is 6.30. The summed E-state index contributed by atoms with van der Waals surface area (Å²) in [5.41, 5.74) is 1.17. The van der Waals surface area contributed by atoms with Gasteiger partial charge in [0, 0.05) is 5.02 Å². The number of benzene rings is 2. The quantitative estimate of drug-likeness (QED) is 0.818. The van der Waals surface area contributed by atoms with Crippen molar-refractivity contribution in [1.29, 1.82) is 0 Å². The second-order valence-corrected chi connectivity index (χ2v) is 7.22. The van der Waals surface area contributed by atoms with Gasteiger partial charge in [0.25, 0.3) is 5.91 Å². The summed E-state index contributed by atoms with van der Waals surface area (Å²) in [6.07, 6.45) is -0.142. The van der Waals surface area contributed by atoms with Gasteiger partial charge in [-0.15, -0.1) is 0 Å². The fourth-order valence-electron chi connectivity index (χ4n) is 3.06. The molecule has 5 heteroatoms. The van der Waals surface area contributed by atoms with E-state index in [1.165, 1.54) is 0 Å². The highest BCUT2D eigenvalue weighted by Gasteiger charge is 2.39. The van der Waals surface area contributed by atoms with Crippen molar-refractivity contribution in [2.24, 2.45) is 0 Å². The monoisotopic (exact) mass is 359 g/mol. The Kier molecular flexibility index (Phi) is 5.02. The van der Waals surface area contributed by atoms with Gasteiger partial charge in [-0.2, -0.15) is 0 Å². The zero-order valence-corrected chi connectivity index (χ0v) is 15.4. The van der Waals surface area contributed by atoms with Crippen LogP contribution in [0.5, 0.6) is 5.75 Å². The van der Waals surface area contributed by atoms with E-state index in [1.807, 2.05) is 49.1 Å². The number of nitrogens with zero attached hydrogens (tertiary/aromatic N) is 1. The van der Waals surface area contributed by atoms with Crippen LogP contribution in [0.2, 0.25) is 5.02 Å². The molecule has 1 aliphatic rings. The van der Waals surface area contributed by atoms with Gasteiger partial charge >= 0.3 is 0 Å². The second-order valence-electron chi connectivity index (χ2n) is 6.78. The first-order chi connectivity index (χ1) is 11.9. The molecule has 0 radical (unpaired) electrons. The third-order valence-electron chi connectivity index (χ3n) is 4.53. The SMILES string of the molecule is COc1cc(Cl)ccc1C(=O)N1CC(c2ccccc2)OCC1(C)C. The molecule has 3 rings (SSSR count). The molecule has 0 spiro atoms. The number of carbonyl (C=O) groups excluding carboxylic acids is 1. The molecule has 25 heavy (non-hydrogen) atoms. The van der Waals surface area contributed by atoms with Gasteiger partial charge in [-0.05, 0) is 37.6 Å². The van der Waals surface area contributed by atoms with Crippen molar-refractivity contribution in [3.8, 4) is 5.75 Å². The summed E-state index contributed by atoms with van der Waals surface area (Å²) in [5, 5.41) is 0.539. The smallest absolute Gasteiger partial charge is 0.258 e. The van der Waals surface area contributed by atoms with Gasteiger partial charge in [0.05, 0.1) is 31.4 Å². The fourth-order valence-corrected chi connectivity index (χ4v) is 3.22. The first-order valence-corrected chi connectivity index (χ1v) is 8.62. The van der Waals surface area contributed by atoms with Crippen LogP contribution in [0.15, 0.2) is 48.5 Å². The van der Waals surface area contributed by atoms with Gasteiger partial charge < -0.3 is 14.4 Å². The number of morpholine rings is 1. The molecule has 1 aliphatic heterocycles. The maximum atomic E-state index is 13.2. The van der Waals surface area contributed by atoms with E-state index in [0.717, 1.165) is 5.56 Å². The molecule has 0 aromatic heterocycles. The third-order valence-corrected chi connectivity index (χ3v) is 4.76. The molecule has 1 amide bonds. The maximum absolute atomic E-state index is 13.2. The molecule has 0 saturated carbocycles. The van der Waals surface area contributed by atoms with Crippen molar-refractivity contribution >= 4 is 17.5 Å². The Hall–Kier alpha value is -2.04. The van der Waals surface area contributed by atoms with Gasteiger partial charge in [0.2, 0.25) is 0 Å². The van der Waals surface area contributed by atoms with Crippen LogP contribution in [0.3, 0.4) is 0 Å². The molecular formula is C20H22ClNO3. The highest BCUT2D eigenvalue weighted by atomic mass is 35.5. The largest absolute Gasteiger partial charge is 0.496 e. The number of carbonyl (C=O) groups is 1. The predicted molar refractivity (Wildman–Crippen MR) is 98.3 cm³/mol. The maximum Gasteiger partial charge on any atom is 0.258 e. The van der Waals surface area contributed by atoms with Crippen molar-refractivity contribution in [3.05, 3.63) is 64.7 Å². The number of halogens is 1. The highest BCUT2D eigenvalue weighted by Crippen LogP contribution is 2.33. The summed E-state index contributed by atoms with van der Waals surface area (Å²) >= 11 is 6.02. The van der Waals surface area contributed by atoms with E-state index < -0.39 is 5.54 Å². The van der Waals surface area contributed by atoms with Crippen molar-refractivity contribution in [1.82, 2.24) is 4.90 Å². The van der Waals surface area contributed by atoms with Gasteiger partial charge in [-0.3, -0.25) is 4.79 Å². The Labute approximate surface area is 153 Å². The van der Waals surface area contributed by atoms with Gasteiger partial charge in [-0.25, -0.2) is 0 Å². The summed E-state index contributed by atoms with van der Waals surface area (Å²) in [5.74, 6) is 0.402. The fraction of sp³-hybridized carbons (Fsp3) is 0.350. The average Bonchev–Trinajstić information content (AvgIpc) is 2.61. The summed E-state index contributed by atoms with van der Waals surface area (Å²) in [4.78, 5) is 15.1. The molecule has 1 saturated heterocycles. The van der Waals surface area contributed by atoms with Gasteiger partial charge in [-0.1, -0.05) is 41.9 Å². The van der Waals surface area contributed by atoms with E-state index >= 15 is 0 Å². The number of methoxy groups -OCH3 is 1. The minimum atomic E-state index is -0.410. The first-order valence-electron chi connectivity index (χ1n) is 8.24. The molecule has 4 nitrogen and oxygen atoms in total. The van der Waals surface area contributed by atoms with Crippen molar-refractivity contribution in [2.45, 2.75) is 25.5 Å². The van der Waals surface area contributed by atoms with E-state index in [0.29, 0.717) is 29.5 Å². The lowest BCUT2D eigenvalue weighted by Crippen LogP contribution is -2.56. The Morgan fingerprint density at radius 2 is 1.96 bits per heavy atom. The van der Waals surface area contributed by atoms with Crippen LogP contribution in [0, 0.1) is 0 Å². The molecular weight excluding hydrogens is 338 g/mol. The van der Waals surface area contributed by atoms with Crippen LogP contribution in [-0.2, 0) is 4.74 Å². The summed E-state index contributed by atoms with van der Waals surface area (Å²) in [7, 11) is 1.54. The van der Waals surface area contributed by atoms with Crippen LogP contribution >= 0.6 is 11.6 Å². The number of rotatable bonds is 3. The van der Waals surface area contributed by atoms with E-state index in [1.54, 1.807) is 25.3 Å². The minimum absolute atomic E-state index is 0.0808. The Morgan fingerprint density at radius 1 is 1.24 bits per heavy atom. The molecule has 1 heterocycles. The van der Waals surface area contributed by atoms with Crippen LogP contribution in [0.25, 0.3) is 0 Å². The molecule has 1 fully saturated rings. The summed E-state index contributed by atoms with van der Waals surface area (Å²) in [6.45, 7) is 4.97. The number of hydrogen-bond donors (Lipinski definition) is 0. The molecule has 0 N–H and O–H groups in total. The molecule has 0 aliphatic carbocycles. The lowest BCUT2D eigenvalue weighted by atomic mass is 9.96. The van der Waals surface area contributed by atoms with E-state index in [-0.39, 0.29) is 12.0 Å². The molecule has 1 unspecified atom stereocenters. The lowest BCUT2D eigenvalue weighted by Gasteiger charge is -2.45. The zero-order valence-electron chi connectivity index (χ0n) is 14.7. The standard InChI is InChI=1S/C20H22ClNO3/c1-20(2)13-25-18(14-7-5-4-6-8-14)12-22(20)19(23)16-10-9-15(21)11-17(16)24-3/h4-11,18H,12-13H2,1-3H3. The normalized spacial score (nSPS) is 19.5. The van der Waals surface area contributed by atoms with Crippen molar-refractivity contribution in [3.63, 3.8) is 0 Å². The Morgan fingerprint density at radius 3 is 2.64 bits per heavy atom. The van der Waals surface area contributed by atoms with E-state index in [9.17, 15) is 4.79 Å². The lowest BCUT2D eigenvalue weighted by molar-refractivity contribution is -0.0847. The second kappa shape index (κ2) is 7.06. The average molecular weight is 360 g/mol. The van der Waals surface area contributed by atoms with Crippen molar-refractivity contribution in [2.75, 3.05) is 20.3 Å². The molecule has 132 valence electrons. The molecule has 0 bridgehead atoms. The minimum Gasteiger partial charge on any atom is -0.496 e.